The highest BCUT2D eigenvalue weighted by molar-refractivity contribution is 6.01. The van der Waals surface area contributed by atoms with E-state index in [1.165, 1.54) is 5.56 Å². The number of benzene rings is 2. The van der Waals surface area contributed by atoms with Gasteiger partial charge in [0.25, 0.3) is 0 Å². The fourth-order valence-corrected chi connectivity index (χ4v) is 4.58. The van der Waals surface area contributed by atoms with Crippen molar-refractivity contribution in [2.24, 2.45) is 7.05 Å². The lowest BCUT2D eigenvalue weighted by Crippen LogP contribution is -2.37. The van der Waals surface area contributed by atoms with E-state index < -0.39 is 5.41 Å². The summed E-state index contributed by atoms with van der Waals surface area (Å²) in [6, 6.07) is 18.1. The van der Waals surface area contributed by atoms with Crippen LogP contribution < -0.4 is 5.32 Å². The number of anilines is 1. The van der Waals surface area contributed by atoms with E-state index in [-0.39, 0.29) is 11.8 Å². The number of hydrogen-bond acceptors (Lipinski definition) is 2. The minimum absolute atomic E-state index is 0.0615. The molecule has 1 aliphatic carbocycles. The summed E-state index contributed by atoms with van der Waals surface area (Å²) in [4.78, 5) is 27.8. The van der Waals surface area contributed by atoms with E-state index in [9.17, 15) is 9.59 Å². The number of nitrogens with one attached hydrogen (secondary N) is 1. The van der Waals surface area contributed by atoms with Gasteiger partial charge in [0.2, 0.25) is 11.8 Å². The van der Waals surface area contributed by atoms with Gasteiger partial charge in [-0.05, 0) is 59.7 Å². The van der Waals surface area contributed by atoms with Crippen LogP contribution in [-0.4, -0.2) is 27.8 Å². The molecule has 1 N–H and O–H groups in total. The van der Waals surface area contributed by atoms with E-state index in [0.29, 0.717) is 13.0 Å². The van der Waals surface area contributed by atoms with Crippen LogP contribution in [-0.2, 0) is 41.4 Å². The van der Waals surface area contributed by atoms with Gasteiger partial charge in [0.15, 0.2) is 0 Å². The molecule has 1 aliphatic heterocycles. The van der Waals surface area contributed by atoms with Crippen molar-refractivity contribution in [2.75, 3.05) is 11.9 Å². The van der Waals surface area contributed by atoms with Crippen molar-refractivity contribution in [3.8, 4) is 0 Å². The molecule has 0 bridgehead atoms. The van der Waals surface area contributed by atoms with Gasteiger partial charge in [-0.1, -0.05) is 36.4 Å². The van der Waals surface area contributed by atoms with Gasteiger partial charge in [-0.2, -0.15) is 0 Å². The Hall–Kier alpha value is -3.34. The molecule has 0 spiro atoms. The van der Waals surface area contributed by atoms with Crippen molar-refractivity contribution in [2.45, 2.75) is 37.6 Å². The molecule has 0 saturated heterocycles. The van der Waals surface area contributed by atoms with Gasteiger partial charge in [0, 0.05) is 38.2 Å². The molecule has 5 nitrogen and oxygen atoms in total. The van der Waals surface area contributed by atoms with Crippen LogP contribution >= 0.6 is 0 Å². The van der Waals surface area contributed by atoms with Gasteiger partial charge in [-0.3, -0.25) is 9.59 Å². The summed E-state index contributed by atoms with van der Waals surface area (Å²) in [5.41, 5.74) is 4.91. The second kappa shape index (κ2) is 7.73. The van der Waals surface area contributed by atoms with Crippen molar-refractivity contribution in [1.82, 2.24) is 9.47 Å². The Balaban J connectivity index is 1.28. The third kappa shape index (κ3) is 3.88. The monoisotopic (exact) mass is 413 g/mol. The lowest BCUT2D eigenvalue weighted by Gasteiger charge is -2.29. The topological polar surface area (TPSA) is 54.3 Å². The standard InChI is InChI=1S/C26H27N3O2/c1-28-13-9-19(17-28)15-24(30)29-14-10-20-7-8-23(16-21(20)18-29)27-25(31)26(11-12-26)22-5-3-2-4-6-22/h2-9,13,16-17H,10-12,14-15,18H2,1H3,(H,27,31). The number of amides is 2. The predicted octanol–water partition coefficient (Wildman–Crippen LogP) is 3.82. The molecule has 0 radical (unpaired) electrons. The van der Waals surface area contributed by atoms with Gasteiger partial charge in [0.05, 0.1) is 11.8 Å². The molecule has 2 heterocycles. The number of aryl methyl sites for hydroxylation is 1. The largest absolute Gasteiger partial charge is 0.357 e. The molecule has 3 aromatic rings. The minimum atomic E-state index is -0.394. The maximum absolute atomic E-state index is 13.1. The zero-order valence-electron chi connectivity index (χ0n) is 17.8. The number of nitrogens with zero attached hydrogens (tertiary/aromatic N) is 2. The van der Waals surface area contributed by atoms with E-state index in [2.05, 4.69) is 11.4 Å². The van der Waals surface area contributed by atoms with Crippen molar-refractivity contribution < 1.29 is 9.59 Å². The van der Waals surface area contributed by atoms with E-state index in [4.69, 9.17) is 0 Å². The van der Waals surface area contributed by atoms with Crippen LogP contribution in [0.3, 0.4) is 0 Å². The first-order valence-electron chi connectivity index (χ1n) is 10.9. The highest BCUT2D eigenvalue weighted by Gasteiger charge is 2.51. The molecule has 1 aromatic heterocycles. The normalized spacial score (nSPS) is 16.5. The number of carbonyl (C=O) groups excluding carboxylic acids is 2. The lowest BCUT2D eigenvalue weighted by atomic mass is 9.94. The second-order valence-electron chi connectivity index (χ2n) is 8.81. The number of aromatic nitrogens is 1. The van der Waals surface area contributed by atoms with E-state index in [1.54, 1.807) is 0 Å². The summed E-state index contributed by atoms with van der Waals surface area (Å²) in [6.07, 6.45) is 6.99. The number of carbonyl (C=O) groups is 2. The average Bonchev–Trinajstić information content (AvgIpc) is 3.51. The molecule has 0 unspecified atom stereocenters. The average molecular weight is 414 g/mol. The lowest BCUT2D eigenvalue weighted by molar-refractivity contribution is -0.131. The minimum Gasteiger partial charge on any atom is -0.357 e. The van der Waals surface area contributed by atoms with Crippen LogP contribution in [0.1, 0.15) is 35.1 Å². The zero-order chi connectivity index (χ0) is 21.4. The summed E-state index contributed by atoms with van der Waals surface area (Å²) in [5, 5.41) is 3.13. The molecule has 1 fully saturated rings. The fraction of sp³-hybridized carbons (Fsp3) is 0.308. The maximum atomic E-state index is 13.1. The van der Waals surface area contributed by atoms with Crippen molar-refractivity contribution >= 4 is 17.5 Å². The van der Waals surface area contributed by atoms with Gasteiger partial charge in [-0.15, -0.1) is 0 Å². The molecular formula is C26H27N3O2. The summed E-state index contributed by atoms with van der Waals surface area (Å²) < 4.78 is 1.96. The molecule has 1 saturated carbocycles. The summed E-state index contributed by atoms with van der Waals surface area (Å²) in [6.45, 7) is 1.33. The fourth-order valence-electron chi connectivity index (χ4n) is 4.58. The molecule has 2 aliphatic rings. The predicted molar refractivity (Wildman–Crippen MR) is 121 cm³/mol. The molecule has 0 atom stereocenters. The van der Waals surface area contributed by atoms with Gasteiger partial charge in [-0.25, -0.2) is 0 Å². The quantitative estimate of drug-likeness (QED) is 0.691. The molecule has 2 amide bonds. The first-order valence-corrected chi connectivity index (χ1v) is 10.9. The Morgan fingerprint density at radius 1 is 1.03 bits per heavy atom. The Kier molecular flexibility index (Phi) is 4.89. The summed E-state index contributed by atoms with van der Waals surface area (Å²) >= 11 is 0. The number of hydrogen-bond donors (Lipinski definition) is 1. The van der Waals surface area contributed by atoms with Crippen LogP contribution in [0, 0.1) is 0 Å². The number of fused-ring (bicyclic) bond motifs is 1. The molecule has 158 valence electrons. The van der Waals surface area contributed by atoms with E-state index >= 15 is 0 Å². The van der Waals surface area contributed by atoms with E-state index in [0.717, 1.165) is 48.2 Å². The van der Waals surface area contributed by atoms with Gasteiger partial charge >= 0.3 is 0 Å². The SMILES string of the molecule is Cn1ccc(CC(=O)N2CCc3ccc(NC(=O)C4(c5ccccc5)CC4)cc3C2)c1. The van der Waals surface area contributed by atoms with E-state index in [1.807, 2.05) is 77.4 Å². The van der Waals surface area contributed by atoms with Crippen LogP contribution in [0.5, 0.6) is 0 Å². The number of rotatable bonds is 5. The Bertz CT molecular complexity index is 1130. The Labute approximate surface area is 182 Å². The third-order valence-electron chi connectivity index (χ3n) is 6.59. The van der Waals surface area contributed by atoms with Crippen LogP contribution in [0.2, 0.25) is 0 Å². The zero-order valence-corrected chi connectivity index (χ0v) is 17.8. The first-order chi connectivity index (χ1) is 15.0. The Morgan fingerprint density at radius 3 is 2.55 bits per heavy atom. The van der Waals surface area contributed by atoms with Crippen molar-refractivity contribution in [3.05, 3.63) is 89.2 Å². The highest BCUT2D eigenvalue weighted by atomic mass is 16.2. The van der Waals surface area contributed by atoms with Crippen LogP contribution in [0.4, 0.5) is 5.69 Å². The van der Waals surface area contributed by atoms with Crippen molar-refractivity contribution in [3.63, 3.8) is 0 Å². The second-order valence-corrected chi connectivity index (χ2v) is 8.81. The third-order valence-corrected chi connectivity index (χ3v) is 6.59. The van der Waals surface area contributed by atoms with Crippen molar-refractivity contribution in [1.29, 1.82) is 0 Å². The molecule has 5 rings (SSSR count). The van der Waals surface area contributed by atoms with Crippen LogP contribution in [0.25, 0.3) is 0 Å². The molecule has 5 heteroatoms. The molecule has 2 aromatic carbocycles. The summed E-state index contributed by atoms with van der Waals surface area (Å²) in [7, 11) is 1.96. The first kappa shape index (κ1) is 19.6. The molecular weight excluding hydrogens is 386 g/mol. The Morgan fingerprint density at radius 2 is 1.84 bits per heavy atom. The van der Waals surface area contributed by atoms with Gasteiger partial charge < -0.3 is 14.8 Å². The van der Waals surface area contributed by atoms with Crippen LogP contribution in [0.15, 0.2) is 67.0 Å². The highest BCUT2D eigenvalue weighted by Crippen LogP contribution is 2.49. The van der Waals surface area contributed by atoms with Gasteiger partial charge in [0.1, 0.15) is 0 Å². The maximum Gasteiger partial charge on any atom is 0.235 e. The smallest absolute Gasteiger partial charge is 0.235 e. The molecule has 31 heavy (non-hydrogen) atoms. The summed E-state index contributed by atoms with van der Waals surface area (Å²) in [5.74, 6) is 0.207.